The number of piperidine rings is 1. The molecule has 1 spiro atoms. The summed E-state index contributed by atoms with van der Waals surface area (Å²) in [5.41, 5.74) is 2.34. The Kier molecular flexibility index (Phi) is 4.63. The lowest BCUT2D eigenvalue weighted by Crippen LogP contribution is -2.48. The van der Waals surface area contributed by atoms with Gasteiger partial charge < -0.3 is 10.2 Å². The van der Waals surface area contributed by atoms with Gasteiger partial charge in [0.2, 0.25) is 0 Å². The highest BCUT2D eigenvalue weighted by Gasteiger charge is 2.45. The summed E-state index contributed by atoms with van der Waals surface area (Å²) >= 11 is 0. The number of carbonyl (C=O) groups is 1. The van der Waals surface area contributed by atoms with Crippen LogP contribution < -0.4 is 5.32 Å². The first-order valence-electron chi connectivity index (χ1n) is 9.23. The Labute approximate surface area is 159 Å². The highest BCUT2D eigenvalue weighted by Crippen LogP contribution is 2.40. The van der Waals surface area contributed by atoms with Crippen molar-refractivity contribution < 1.29 is 13.2 Å². The molecule has 0 bridgehead atoms. The van der Waals surface area contributed by atoms with Crippen molar-refractivity contribution in [2.75, 3.05) is 29.9 Å². The predicted molar refractivity (Wildman–Crippen MR) is 105 cm³/mol. The molecule has 1 N–H and O–H groups in total. The second kappa shape index (κ2) is 6.96. The van der Waals surface area contributed by atoms with Gasteiger partial charge in [-0.1, -0.05) is 18.2 Å². The number of benzene rings is 1. The molecule has 3 heterocycles. The second-order valence-electron chi connectivity index (χ2n) is 7.59. The molecule has 0 aliphatic carbocycles. The average Bonchev–Trinajstić information content (AvgIpc) is 2.97. The van der Waals surface area contributed by atoms with Gasteiger partial charge in [0, 0.05) is 36.0 Å². The highest BCUT2D eigenvalue weighted by atomic mass is 32.2. The Morgan fingerprint density at radius 3 is 2.59 bits per heavy atom. The number of rotatable bonds is 2. The van der Waals surface area contributed by atoms with Crippen LogP contribution in [0.2, 0.25) is 0 Å². The smallest absolute Gasteiger partial charge is 0.321 e. The van der Waals surface area contributed by atoms with Gasteiger partial charge in [-0.15, -0.1) is 0 Å². The number of nitrogens with one attached hydrogen (secondary N) is 1. The molecule has 1 atom stereocenters. The Morgan fingerprint density at radius 1 is 1.11 bits per heavy atom. The van der Waals surface area contributed by atoms with Crippen LogP contribution in [0.4, 0.5) is 10.5 Å². The number of aromatic nitrogens is 1. The minimum absolute atomic E-state index is 0.163. The van der Waals surface area contributed by atoms with Crippen LogP contribution in [0.25, 0.3) is 11.3 Å². The zero-order chi connectivity index (χ0) is 18.9. The molecule has 142 valence electrons. The zero-order valence-electron chi connectivity index (χ0n) is 15.1. The summed E-state index contributed by atoms with van der Waals surface area (Å²) in [4.78, 5) is 18.8. The van der Waals surface area contributed by atoms with Gasteiger partial charge in [-0.3, -0.25) is 4.98 Å². The van der Waals surface area contributed by atoms with E-state index in [1.54, 1.807) is 11.1 Å². The van der Waals surface area contributed by atoms with Crippen molar-refractivity contribution in [2.24, 2.45) is 5.41 Å². The van der Waals surface area contributed by atoms with E-state index in [1.165, 1.54) is 0 Å². The van der Waals surface area contributed by atoms with Crippen molar-refractivity contribution >= 4 is 21.6 Å². The van der Waals surface area contributed by atoms with Gasteiger partial charge in [-0.2, -0.15) is 0 Å². The number of hydrogen-bond donors (Lipinski definition) is 1. The molecular formula is C20H23N3O3S. The maximum absolute atomic E-state index is 12.7. The van der Waals surface area contributed by atoms with E-state index in [4.69, 9.17) is 0 Å². The average molecular weight is 385 g/mol. The summed E-state index contributed by atoms with van der Waals surface area (Å²) in [5.74, 6) is 0.458. The molecule has 2 fully saturated rings. The number of pyridine rings is 1. The lowest BCUT2D eigenvalue weighted by Gasteiger charge is -2.39. The maximum atomic E-state index is 12.7. The normalized spacial score (nSPS) is 24.1. The molecule has 6 nitrogen and oxygen atoms in total. The monoisotopic (exact) mass is 385 g/mol. The quantitative estimate of drug-likeness (QED) is 0.861. The lowest BCUT2D eigenvalue weighted by atomic mass is 9.80. The van der Waals surface area contributed by atoms with Crippen molar-refractivity contribution in [3.63, 3.8) is 0 Å². The first kappa shape index (κ1) is 18.0. The van der Waals surface area contributed by atoms with E-state index >= 15 is 0 Å². The van der Waals surface area contributed by atoms with Gasteiger partial charge in [0.1, 0.15) is 0 Å². The van der Waals surface area contributed by atoms with Gasteiger partial charge in [0.15, 0.2) is 9.84 Å². The summed E-state index contributed by atoms with van der Waals surface area (Å²) in [7, 11) is -2.96. The van der Waals surface area contributed by atoms with E-state index in [0.717, 1.165) is 29.8 Å². The molecule has 1 aromatic heterocycles. The zero-order valence-corrected chi connectivity index (χ0v) is 15.9. The van der Waals surface area contributed by atoms with Crippen molar-refractivity contribution in [1.82, 2.24) is 9.88 Å². The van der Waals surface area contributed by atoms with Crippen LogP contribution >= 0.6 is 0 Å². The highest BCUT2D eigenvalue weighted by molar-refractivity contribution is 7.91. The molecular weight excluding hydrogens is 362 g/mol. The Hall–Kier alpha value is -2.41. The number of amides is 2. The van der Waals surface area contributed by atoms with Crippen LogP contribution in [0.1, 0.15) is 19.3 Å². The van der Waals surface area contributed by atoms with Crippen molar-refractivity contribution in [3.05, 3.63) is 48.7 Å². The maximum Gasteiger partial charge on any atom is 0.321 e. The standard InChI is InChI=1S/C20H23N3O3S/c24-19(23-12-3-9-20(14-23)10-13-27(25,26)15-20)22-17-7-5-16(6-8-17)18-4-1-2-11-21-18/h1-2,4-8,11H,3,9-10,12-15H2,(H,22,24)/t20-/m1/s1. The van der Waals surface area contributed by atoms with Gasteiger partial charge >= 0.3 is 6.03 Å². The van der Waals surface area contributed by atoms with E-state index < -0.39 is 9.84 Å². The molecule has 2 aliphatic rings. The molecule has 27 heavy (non-hydrogen) atoms. The number of carbonyl (C=O) groups excluding carboxylic acids is 1. The summed E-state index contributed by atoms with van der Waals surface area (Å²) < 4.78 is 23.8. The molecule has 2 aliphatic heterocycles. The van der Waals surface area contributed by atoms with Crippen LogP contribution in [-0.2, 0) is 9.84 Å². The SMILES string of the molecule is O=C(Nc1ccc(-c2ccccn2)cc1)N1CCC[C@@]2(CCS(=O)(=O)C2)C1. The first-order chi connectivity index (χ1) is 12.9. The van der Waals surface area contributed by atoms with E-state index in [2.05, 4.69) is 10.3 Å². The van der Waals surface area contributed by atoms with Crippen molar-refractivity contribution in [1.29, 1.82) is 0 Å². The lowest BCUT2D eigenvalue weighted by molar-refractivity contribution is 0.130. The van der Waals surface area contributed by atoms with Gasteiger partial charge in [-0.05, 0) is 43.5 Å². The molecule has 2 aromatic rings. The van der Waals surface area contributed by atoms with Crippen LogP contribution in [0.3, 0.4) is 0 Å². The first-order valence-corrected chi connectivity index (χ1v) is 11.0. The fourth-order valence-corrected chi connectivity index (χ4v) is 6.35. The number of nitrogens with zero attached hydrogens (tertiary/aromatic N) is 2. The fourth-order valence-electron chi connectivity index (χ4n) is 4.15. The van der Waals surface area contributed by atoms with Gasteiger partial charge in [-0.25, -0.2) is 13.2 Å². The topological polar surface area (TPSA) is 79.4 Å². The Bertz CT molecular complexity index is 929. The number of hydrogen-bond acceptors (Lipinski definition) is 4. The second-order valence-corrected chi connectivity index (χ2v) is 9.77. The molecule has 0 unspecified atom stereocenters. The molecule has 0 saturated carbocycles. The van der Waals surface area contributed by atoms with E-state index in [9.17, 15) is 13.2 Å². The van der Waals surface area contributed by atoms with E-state index in [0.29, 0.717) is 19.5 Å². The number of urea groups is 1. The Morgan fingerprint density at radius 2 is 1.93 bits per heavy atom. The predicted octanol–water partition coefficient (Wildman–Crippen LogP) is 3.18. The molecule has 0 radical (unpaired) electrons. The number of anilines is 1. The number of likely N-dealkylation sites (tertiary alicyclic amines) is 1. The van der Waals surface area contributed by atoms with Crippen LogP contribution in [0.15, 0.2) is 48.7 Å². The summed E-state index contributed by atoms with van der Waals surface area (Å²) in [6.45, 7) is 1.18. The molecule has 2 saturated heterocycles. The van der Waals surface area contributed by atoms with Crippen LogP contribution in [0, 0.1) is 5.41 Å². The third-order valence-electron chi connectivity index (χ3n) is 5.51. The summed E-state index contributed by atoms with van der Waals surface area (Å²) in [5, 5.41) is 2.93. The van der Waals surface area contributed by atoms with Gasteiger partial charge in [0.05, 0.1) is 17.2 Å². The minimum atomic E-state index is -2.96. The third-order valence-corrected chi connectivity index (χ3v) is 7.39. The minimum Gasteiger partial charge on any atom is -0.324 e. The fraction of sp³-hybridized carbons (Fsp3) is 0.400. The van der Waals surface area contributed by atoms with Gasteiger partial charge in [0.25, 0.3) is 0 Å². The van der Waals surface area contributed by atoms with E-state index in [-0.39, 0.29) is 23.0 Å². The Balaban J connectivity index is 1.42. The number of sulfone groups is 1. The van der Waals surface area contributed by atoms with Crippen LogP contribution in [-0.4, -0.2) is 48.9 Å². The van der Waals surface area contributed by atoms with Crippen LogP contribution in [0.5, 0.6) is 0 Å². The molecule has 4 rings (SSSR count). The molecule has 2 amide bonds. The summed E-state index contributed by atoms with van der Waals surface area (Å²) in [6.07, 6.45) is 4.15. The van der Waals surface area contributed by atoms with Crippen molar-refractivity contribution in [2.45, 2.75) is 19.3 Å². The van der Waals surface area contributed by atoms with Crippen molar-refractivity contribution in [3.8, 4) is 11.3 Å². The largest absolute Gasteiger partial charge is 0.324 e. The third kappa shape index (κ3) is 3.98. The van der Waals surface area contributed by atoms with E-state index in [1.807, 2.05) is 42.5 Å². The molecule has 7 heteroatoms. The summed E-state index contributed by atoms with van der Waals surface area (Å²) in [6, 6.07) is 13.2. The molecule has 1 aromatic carbocycles.